The lowest BCUT2D eigenvalue weighted by Gasteiger charge is -2.12. The minimum absolute atomic E-state index is 0.271. The van der Waals surface area contributed by atoms with Gasteiger partial charge in [0, 0.05) is 12.3 Å². The molecule has 0 radical (unpaired) electrons. The maximum Gasteiger partial charge on any atom is 0.0695 e. The van der Waals surface area contributed by atoms with Crippen molar-refractivity contribution in [2.45, 2.75) is 19.4 Å². The normalized spacial score (nSPS) is 13.5. The highest BCUT2D eigenvalue weighted by molar-refractivity contribution is 7.98. The SMILES string of the molecule is CCC(CN)OCCSC. The molecule has 0 amide bonds. The number of hydrogen-bond donors (Lipinski definition) is 1. The van der Waals surface area contributed by atoms with Crippen LogP contribution in [0.3, 0.4) is 0 Å². The van der Waals surface area contributed by atoms with Crippen LogP contribution in [0.15, 0.2) is 0 Å². The summed E-state index contributed by atoms with van der Waals surface area (Å²) in [6.07, 6.45) is 3.37. The third-order valence-corrected chi connectivity index (χ3v) is 1.93. The summed E-state index contributed by atoms with van der Waals surface area (Å²) in [4.78, 5) is 0. The fraction of sp³-hybridized carbons (Fsp3) is 1.00. The summed E-state index contributed by atoms with van der Waals surface area (Å²) < 4.78 is 5.44. The predicted octanol–water partition coefficient (Wildman–Crippen LogP) is 1.10. The molecule has 62 valence electrons. The van der Waals surface area contributed by atoms with Crippen LogP contribution in [0.4, 0.5) is 0 Å². The Morgan fingerprint density at radius 1 is 1.60 bits per heavy atom. The molecule has 1 atom stereocenters. The van der Waals surface area contributed by atoms with E-state index in [2.05, 4.69) is 13.2 Å². The summed E-state index contributed by atoms with van der Waals surface area (Å²) in [5, 5.41) is 0. The van der Waals surface area contributed by atoms with Crippen molar-refractivity contribution in [3.05, 3.63) is 0 Å². The van der Waals surface area contributed by atoms with Gasteiger partial charge in [0.2, 0.25) is 0 Å². The van der Waals surface area contributed by atoms with Crippen LogP contribution in [-0.4, -0.2) is 31.3 Å². The Bertz CT molecular complexity index is 66.6. The van der Waals surface area contributed by atoms with E-state index in [9.17, 15) is 0 Å². The molecule has 0 rings (SSSR count). The molecule has 0 aliphatic rings. The van der Waals surface area contributed by atoms with Crippen molar-refractivity contribution in [1.29, 1.82) is 0 Å². The summed E-state index contributed by atoms with van der Waals surface area (Å²) in [7, 11) is 0. The molecule has 0 aliphatic heterocycles. The molecule has 0 heterocycles. The first kappa shape index (κ1) is 10.3. The van der Waals surface area contributed by atoms with Gasteiger partial charge in [-0.15, -0.1) is 0 Å². The van der Waals surface area contributed by atoms with Crippen molar-refractivity contribution < 1.29 is 4.74 Å². The van der Waals surface area contributed by atoms with E-state index in [0.717, 1.165) is 18.8 Å². The van der Waals surface area contributed by atoms with E-state index < -0.39 is 0 Å². The number of ether oxygens (including phenoxy) is 1. The Kier molecular flexibility index (Phi) is 7.58. The summed E-state index contributed by atoms with van der Waals surface area (Å²) >= 11 is 1.80. The smallest absolute Gasteiger partial charge is 0.0695 e. The van der Waals surface area contributed by atoms with Crippen LogP contribution in [0.2, 0.25) is 0 Å². The lowest BCUT2D eigenvalue weighted by molar-refractivity contribution is 0.0685. The number of thioether (sulfide) groups is 1. The van der Waals surface area contributed by atoms with Gasteiger partial charge in [0.25, 0.3) is 0 Å². The Balaban J connectivity index is 3.09. The highest BCUT2D eigenvalue weighted by Crippen LogP contribution is 1.97. The lowest BCUT2D eigenvalue weighted by Crippen LogP contribution is -2.23. The van der Waals surface area contributed by atoms with Crippen LogP contribution in [0, 0.1) is 0 Å². The van der Waals surface area contributed by atoms with Crippen LogP contribution >= 0.6 is 11.8 Å². The number of nitrogens with two attached hydrogens (primary N) is 1. The fourth-order valence-electron chi connectivity index (χ4n) is 0.651. The Hall–Kier alpha value is 0.270. The molecular weight excluding hydrogens is 146 g/mol. The van der Waals surface area contributed by atoms with E-state index in [4.69, 9.17) is 10.5 Å². The molecule has 2 N–H and O–H groups in total. The van der Waals surface area contributed by atoms with Crippen LogP contribution in [0.25, 0.3) is 0 Å². The molecule has 0 saturated heterocycles. The second-order valence-corrected chi connectivity index (χ2v) is 3.12. The van der Waals surface area contributed by atoms with Crippen LogP contribution < -0.4 is 5.73 Å². The summed E-state index contributed by atoms with van der Waals surface area (Å²) in [6, 6.07) is 0. The second-order valence-electron chi connectivity index (χ2n) is 2.13. The topological polar surface area (TPSA) is 35.2 Å². The summed E-state index contributed by atoms with van der Waals surface area (Å²) in [5.74, 6) is 1.07. The zero-order valence-corrected chi connectivity index (χ0v) is 7.62. The first-order valence-electron chi connectivity index (χ1n) is 3.65. The van der Waals surface area contributed by atoms with E-state index in [1.807, 2.05) is 0 Å². The molecule has 0 fully saturated rings. The van der Waals surface area contributed by atoms with E-state index in [1.165, 1.54) is 0 Å². The highest BCUT2D eigenvalue weighted by Gasteiger charge is 2.01. The van der Waals surface area contributed by atoms with Crippen molar-refractivity contribution in [2.24, 2.45) is 5.73 Å². The minimum atomic E-state index is 0.271. The van der Waals surface area contributed by atoms with Gasteiger partial charge in [-0.25, -0.2) is 0 Å². The molecule has 0 aromatic carbocycles. The predicted molar refractivity (Wildman–Crippen MR) is 47.5 cm³/mol. The van der Waals surface area contributed by atoms with Gasteiger partial charge < -0.3 is 10.5 Å². The third-order valence-electron chi connectivity index (χ3n) is 1.36. The molecule has 2 nitrogen and oxygen atoms in total. The average Bonchev–Trinajstić information content (AvgIpc) is 1.99. The van der Waals surface area contributed by atoms with Gasteiger partial charge >= 0.3 is 0 Å². The largest absolute Gasteiger partial charge is 0.376 e. The molecule has 0 spiro atoms. The van der Waals surface area contributed by atoms with E-state index >= 15 is 0 Å². The summed E-state index contributed by atoms with van der Waals surface area (Å²) in [5.41, 5.74) is 5.43. The highest BCUT2D eigenvalue weighted by atomic mass is 32.2. The van der Waals surface area contributed by atoms with Crippen LogP contribution in [0.5, 0.6) is 0 Å². The van der Waals surface area contributed by atoms with E-state index in [1.54, 1.807) is 11.8 Å². The Morgan fingerprint density at radius 2 is 2.30 bits per heavy atom. The van der Waals surface area contributed by atoms with Crippen molar-refractivity contribution in [2.75, 3.05) is 25.2 Å². The average molecular weight is 163 g/mol. The molecule has 3 heteroatoms. The van der Waals surface area contributed by atoms with Gasteiger partial charge in [-0.2, -0.15) is 11.8 Å². The van der Waals surface area contributed by atoms with Gasteiger partial charge in [0.15, 0.2) is 0 Å². The van der Waals surface area contributed by atoms with E-state index in [-0.39, 0.29) is 6.10 Å². The number of rotatable bonds is 6. The molecule has 0 aromatic heterocycles. The third kappa shape index (κ3) is 5.09. The zero-order chi connectivity index (χ0) is 7.82. The van der Waals surface area contributed by atoms with Gasteiger partial charge in [0.05, 0.1) is 12.7 Å². The molecule has 10 heavy (non-hydrogen) atoms. The quantitative estimate of drug-likeness (QED) is 0.596. The van der Waals surface area contributed by atoms with Gasteiger partial charge in [-0.05, 0) is 12.7 Å². The zero-order valence-electron chi connectivity index (χ0n) is 6.80. The first-order valence-corrected chi connectivity index (χ1v) is 5.05. The fourth-order valence-corrected chi connectivity index (χ4v) is 0.914. The standard InChI is InChI=1S/C7H17NOS/c1-3-7(6-8)9-4-5-10-2/h7H,3-6,8H2,1-2H3. The molecule has 0 aromatic rings. The Labute approximate surface area is 67.5 Å². The van der Waals surface area contributed by atoms with Gasteiger partial charge in [0.1, 0.15) is 0 Å². The molecule has 0 aliphatic carbocycles. The maximum absolute atomic E-state index is 5.44. The second kappa shape index (κ2) is 7.38. The first-order chi connectivity index (χ1) is 4.85. The number of hydrogen-bond acceptors (Lipinski definition) is 3. The van der Waals surface area contributed by atoms with Crippen molar-refractivity contribution >= 4 is 11.8 Å². The monoisotopic (exact) mass is 163 g/mol. The molecule has 0 bridgehead atoms. The van der Waals surface area contributed by atoms with Gasteiger partial charge in [-0.1, -0.05) is 6.92 Å². The Morgan fingerprint density at radius 3 is 2.70 bits per heavy atom. The van der Waals surface area contributed by atoms with E-state index in [0.29, 0.717) is 6.54 Å². The van der Waals surface area contributed by atoms with Gasteiger partial charge in [-0.3, -0.25) is 0 Å². The van der Waals surface area contributed by atoms with Crippen molar-refractivity contribution in [3.8, 4) is 0 Å². The van der Waals surface area contributed by atoms with Crippen molar-refractivity contribution in [1.82, 2.24) is 0 Å². The maximum atomic E-state index is 5.44. The van der Waals surface area contributed by atoms with Crippen LogP contribution in [-0.2, 0) is 4.74 Å². The van der Waals surface area contributed by atoms with Crippen LogP contribution in [0.1, 0.15) is 13.3 Å². The molecular formula is C7H17NOS. The van der Waals surface area contributed by atoms with Crippen molar-refractivity contribution in [3.63, 3.8) is 0 Å². The summed E-state index contributed by atoms with van der Waals surface area (Å²) in [6.45, 7) is 3.57. The lowest BCUT2D eigenvalue weighted by atomic mass is 10.3. The molecule has 1 unspecified atom stereocenters. The molecule has 0 saturated carbocycles. The minimum Gasteiger partial charge on any atom is -0.376 e.